The number of ether oxygens (including phenoxy) is 1. The number of carboxylic acid groups (broad SMARTS) is 1. The van der Waals surface area contributed by atoms with E-state index in [4.69, 9.17) is 9.84 Å². The molecule has 2 aromatic carbocycles. The Kier molecular flexibility index (Phi) is 4.82. The van der Waals surface area contributed by atoms with Gasteiger partial charge in [-0.15, -0.1) is 0 Å². The van der Waals surface area contributed by atoms with Gasteiger partial charge < -0.3 is 14.7 Å². The van der Waals surface area contributed by atoms with Crippen LogP contribution in [0.4, 0.5) is 5.69 Å². The number of hydrogen-bond donors (Lipinski definition) is 1. The Morgan fingerprint density at radius 3 is 2.29 bits per heavy atom. The average molecular weight is 285 g/mol. The zero-order valence-electron chi connectivity index (χ0n) is 12.2. The van der Waals surface area contributed by atoms with Crippen LogP contribution < -0.4 is 9.64 Å². The van der Waals surface area contributed by atoms with Gasteiger partial charge in [-0.25, -0.2) is 4.79 Å². The first-order valence-electron chi connectivity index (χ1n) is 6.80. The van der Waals surface area contributed by atoms with E-state index in [1.807, 2.05) is 7.05 Å². The molecule has 0 unspecified atom stereocenters. The molecule has 4 heteroatoms. The lowest BCUT2D eigenvalue weighted by Crippen LogP contribution is -2.23. The van der Waals surface area contributed by atoms with Crippen LogP contribution in [0.25, 0.3) is 0 Å². The van der Waals surface area contributed by atoms with Crippen molar-refractivity contribution >= 4 is 11.7 Å². The number of nitrogens with zero attached hydrogens (tertiary/aromatic N) is 1. The summed E-state index contributed by atoms with van der Waals surface area (Å²) in [7, 11) is 2.02. The zero-order valence-corrected chi connectivity index (χ0v) is 12.2. The Morgan fingerprint density at radius 2 is 1.71 bits per heavy atom. The lowest BCUT2D eigenvalue weighted by Gasteiger charge is -2.19. The molecule has 0 saturated heterocycles. The minimum Gasteiger partial charge on any atom is -0.492 e. The quantitative estimate of drug-likeness (QED) is 0.885. The van der Waals surface area contributed by atoms with Gasteiger partial charge in [-0.1, -0.05) is 17.7 Å². The fraction of sp³-hybridized carbons (Fsp3) is 0.235. The lowest BCUT2D eigenvalue weighted by molar-refractivity contribution is 0.0697. The average Bonchev–Trinajstić information content (AvgIpc) is 2.48. The van der Waals surface area contributed by atoms with Crippen molar-refractivity contribution in [2.75, 3.05) is 25.1 Å². The van der Waals surface area contributed by atoms with Crippen molar-refractivity contribution in [2.45, 2.75) is 6.92 Å². The highest BCUT2D eigenvalue weighted by molar-refractivity contribution is 5.87. The fourth-order valence-corrected chi connectivity index (χ4v) is 1.92. The molecule has 1 N–H and O–H groups in total. The van der Waals surface area contributed by atoms with Crippen LogP contribution >= 0.6 is 0 Å². The van der Waals surface area contributed by atoms with Crippen LogP contribution in [0.15, 0.2) is 48.5 Å². The van der Waals surface area contributed by atoms with Crippen molar-refractivity contribution in [3.63, 3.8) is 0 Å². The topological polar surface area (TPSA) is 49.8 Å². The first-order valence-corrected chi connectivity index (χ1v) is 6.80. The number of carboxylic acids is 1. The van der Waals surface area contributed by atoms with Gasteiger partial charge in [0.1, 0.15) is 12.4 Å². The van der Waals surface area contributed by atoms with Gasteiger partial charge in [0.2, 0.25) is 0 Å². The minimum absolute atomic E-state index is 0.263. The molecule has 0 heterocycles. The number of rotatable bonds is 6. The standard InChI is InChI=1S/C17H19NO3/c1-13-3-7-15(8-4-13)18(2)11-12-21-16-9-5-14(6-10-16)17(19)20/h3-10H,11-12H2,1-2H3,(H,19,20). The highest BCUT2D eigenvalue weighted by atomic mass is 16.5. The Balaban J connectivity index is 1.83. The number of anilines is 1. The first-order chi connectivity index (χ1) is 10.1. The van der Waals surface area contributed by atoms with Gasteiger partial charge in [0, 0.05) is 12.7 Å². The third-order valence-electron chi connectivity index (χ3n) is 3.27. The van der Waals surface area contributed by atoms with E-state index >= 15 is 0 Å². The maximum Gasteiger partial charge on any atom is 0.335 e. The van der Waals surface area contributed by atoms with Crippen molar-refractivity contribution in [3.05, 3.63) is 59.7 Å². The van der Waals surface area contributed by atoms with Crippen LogP contribution in [0.2, 0.25) is 0 Å². The number of carbonyl (C=O) groups is 1. The molecule has 0 aliphatic heterocycles. The second-order valence-corrected chi connectivity index (χ2v) is 4.94. The van der Waals surface area contributed by atoms with E-state index in [1.165, 1.54) is 5.56 Å². The molecule has 0 saturated carbocycles. The summed E-state index contributed by atoms with van der Waals surface area (Å²) in [6, 6.07) is 14.8. The molecule has 2 aromatic rings. The molecule has 0 atom stereocenters. The normalized spacial score (nSPS) is 10.2. The summed E-state index contributed by atoms with van der Waals surface area (Å²) in [5.74, 6) is -0.252. The molecular formula is C17H19NO3. The molecule has 2 rings (SSSR count). The van der Waals surface area contributed by atoms with Crippen LogP contribution in [0.3, 0.4) is 0 Å². The Labute approximate surface area is 124 Å². The summed E-state index contributed by atoms with van der Waals surface area (Å²) in [6.07, 6.45) is 0. The van der Waals surface area contributed by atoms with Crippen LogP contribution in [0.5, 0.6) is 5.75 Å². The molecular weight excluding hydrogens is 266 g/mol. The van der Waals surface area contributed by atoms with E-state index in [2.05, 4.69) is 36.1 Å². The maximum atomic E-state index is 10.7. The van der Waals surface area contributed by atoms with E-state index < -0.39 is 5.97 Å². The van der Waals surface area contributed by atoms with E-state index in [0.717, 1.165) is 12.2 Å². The molecule has 0 radical (unpaired) electrons. The third-order valence-corrected chi connectivity index (χ3v) is 3.27. The smallest absolute Gasteiger partial charge is 0.335 e. The Morgan fingerprint density at radius 1 is 1.10 bits per heavy atom. The van der Waals surface area contributed by atoms with Crippen LogP contribution in [0.1, 0.15) is 15.9 Å². The molecule has 0 spiro atoms. The van der Waals surface area contributed by atoms with E-state index in [9.17, 15) is 4.79 Å². The summed E-state index contributed by atoms with van der Waals surface area (Å²) in [4.78, 5) is 12.9. The Bertz CT molecular complexity index is 590. The van der Waals surface area contributed by atoms with Crippen molar-refractivity contribution < 1.29 is 14.6 Å². The van der Waals surface area contributed by atoms with E-state index in [-0.39, 0.29) is 5.56 Å². The number of benzene rings is 2. The van der Waals surface area contributed by atoms with E-state index in [1.54, 1.807) is 24.3 Å². The van der Waals surface area contributed by atoms with Gasteiger partial charge >= 0.3 is 5.97 Å². The van der Waals surface area contributed by atoms with Gasteiger partial charge in [0.15, 0.2) is 0 Å². The highest BCUT2D eigenvalue weighted by Crippen LogP contribution is 2.14. The molecule has 0 aromatic heterocycles. The molecule has 4 nitrogen and oxygen atoms in total. The number of hydrogen-bond acceptors (Lipinski definition) is 3. The predicted molar refractivity (Wildman–Crippen MR) is 83.3 cm³/mol. The molecule has 0 aliphatic carbocycles. The molecule has 21 heavy (non-hydrogen) atoms. The SMILES string of the molecule is Cc1ccc(N(C)CCOc2ccc(C(=O)O)cc2)cc1. The number of likely N-dealkylation sites (N-methyl/N-ethyl adjacent to an activating group) is 1. The predicted octanol–water partition coefficient (Wildman–Crippen LogP) is 3.21. The van der Waals surface area contributed by atoms with E-state index in [0.29, 0.717) is 12.4 Å². The number of aryl methyl sites for hydroxylation is 1. The highest BCUT2D eigenvalue weighted by Gasteiger charge is 2.03. The third kappa shape index (κ3) is 4.24. The number of aromatic carboxylic acids is 1. The van der Waals surface area contributed by atoms with Gasteiger partial charge in [-0.05, 0) is 43.3 Å². The monoisotopic (exact) mass is 285 g/mol. The maximum absolute atomic E-state index is 10.7. The summed E-state index contributed by atoms with van der Waals surface area (Å²) in [5.41, 5.74) is 2.64. The largest absolute Gasteiger partial charge is 0.492 e. The van der Waals surface area contributed by atoms with Crippen molar-refractivity contribution in [1.29, 1.82) is 0 Å². The second-order valence-electron chi connectivity index (χ2n) is 4.94. The van der Waals surface area contributed by atoms with Crippen molar-refractivity contribution in [2.24, 2.45) is 0 Å². The van der Waals surface area contributed by atoms with Crippen LogP contribution in [0, 0.1) is 6.92 Å². The lowest BCUT2D eigenvalue weighted by atomic mass is 10.2. The second kappa shape index (κ2) is 6.79. The van der Waals surface area contributed by atoms with Gasteiger partial charge in [-0.3, -0.25) is 0 Å². The van der Waals surface area contributed by atoms with Gasteiger partial charge in [0.05, 0.1) is 12.1 Å². The molecule has 0 fully saturated rings. The van der Waals surface area contributed by atoms with Crippen molar-refractivity contribution in [1.82, 2.24) is 0 Å². The minimum atomic E-state index is -0.930. The van der Waals surface area contributed by atoms with Crippen LogP contribution in [-0.4, -0.2) is 31.3 Å². The molecule has 0 amide bonds. The van der Waals surface area contributed by atoms with Gasteiger partial charge in [-0.2, -0.15) is 0 Å². The molecule has 110 valence electrons. The van der Waals surface area contributed by atoms with Crippen LogP contribution in [-0.2, 0) is 0 Å². The molecule has 0 bridgehead atoms. The fourth-order valence-electron chi connectivity index (χ4n) is 1.92. The van der Waals surface area contributed by atoms with Crippen molar-refractivity contribution in [3.8, 4) is 5.75 Å². The van der Waals surface area contributed by atoms with Gasteiger partial charge in [0.25, 0.3) is 0 Å². The Hall–Kier alpha value is -2.49. The summed E-state index contributed by atoms with van der Waals surface area (Å²) in [5, 5.41) is 8.82. The summed E-state index contributed by atoms with van der Waals surface area (Å²) >= 11 is 0. The molecule has 0 aliphatic rings. The summed E-state index contributed by atoms with van der Waals surface area (Å²) < 4.78 is 5.62. The summed E-state index contributed by atoms with van der Waals surface area (Å²) in [6.45, 7) is 3.36. The first kappa shape index (κ1) is 14.9. The zero-order chi connectivity index (χ0) is 15.2.